The van der Waals surface area contributed by atoms with Crippen LogP contribution in [-0.4, -0.2) is 19.5 Å². The second kappa shape index (κ2) is 11.9. The lowest BCUT2D eigenvalue weighted by atomic mass is 10.1. The van der Waals surface area contributed by atoms with E-state index in [-0.39, 0.29) is 23.7 Å². The molecule has 2 aromatic heterocycles. The van der Waals surface area contributed by atoms with E-state index in [1.807, 2.05) is 30.3 Å². The van der Waals surface area contributed by atoms with Gasteiger partial charge in [-0.2, -0.15) is 4.98 Å². The molecule has 0 amide bonds. The predicted molar refractivity (Wildman–Crippen MR) is 170 cm³/mol. The Morgan fingerprint density at radius 1 is 0.930 bits per heavy atom. The summed E-state index contributed by atoms with van der Waals surface area (Å²) < 4.78 is 7.81. The number of fused-ring (bicyclic) bond motifs is 1. The number of nitrogens with one attached hydrogen (secondary N) is 2. The van der Waals surface area contributed by atoms with Gasteiger partial charge in [0.2, 0.25) is 0 Å². The molecule has 0 aliphatic heterocycles. The number of hydrogen-bond acceptors (Lipinski definition) is 8. The van der Waals surface area contributed by atoms with Crippen molar-refractivity contribution < 1.29 is 9.34 Å². The Morgan fingerprint density at radius 3 is 2.42 bits per heavy atom. The average Bonchev–Trinajstić information content (AvgIpc) is 3.44. The van der Waals surface area contributed by atoms with Gasteiger partial charge >= 0.3 is 6.01 Å². The summed E-state index contributed by atoms with van der Waals surface area (Å²) in [6.07, 6.45) is 1.58. The molecule has 0 saturated carbocycles. The van der Waals surface area contributed by atoms with E-state index in [4.69, 9.17) is 32.6 Å². The number of rotatable bonds is 8. The van der Waals surface area contributed by atoms with Crippen LogP contribution in [0.15, 0.2) is 105 Å². The number of halogens is 3. The summed E-state index contributed by atoms with van der Waals surface area (Å²) in [5.41, 5.74) is 2.74. The van der Waals surface area contributed by atoms with Gasteiger partial charge in [0.05, 0.1) is 31.6 Å². The van der Waals surface area contributed by atoms with Crippen molar-refractivity contribution in [2.75, 3.05) is 10.6 Å². The standard InChI is InChI=1S/C30H19BrCl2N6O4/c31-18-8-13-25-21(15-18)29(40)38(30-37-26(16-43-30)34-19-9-11-20(12-10-19)39(41)42)27(35-25)14-17-4-1-2-7-24(17)36-28-22(32)5-3-6-23(28)33/h1-13,15-16,34,36H,14H2. The highest BCUT2D eigenvalue weighted by molar-refractivity contribution is 9.10. The number of nitro groups is 1. The van der Waals surface area contributed by atoms with Crippen LogP contribution in [0.2, 0.25) is 10.0 Å². The number of oxazole rings is 1. The summed E-state index contributed by atoms with van der Waals surface area (Å²) in [5, 5.41) is 18.6. The average molecular weight is 678 g/mol. The topological polar surface area (TPSA) is 128 Å². The van der Waals surface area contributed by atoms with Crippen LogP contribution < -0.4 is 16.2 Å². The van der Waals surface area contributed by atoms with Crippen LogP contribution in [0, 0.1) is 10.1 Å². The minimum Gasteiger partial charge on any atom is -0.429 e. The summed E-state index contributed by atoms with van der Waals surface area (Å²) >= 11 is 16.3. The molecule has 0 spiro atoms. The van der Waals surface area contributed by atoms with Crippen molar-refractivity contribution in [3.05, 3.63) is 138 Å². The van der Waals surface area contributed by atoms with Crippen molar-refractivity contribution in [3.63, 3.8) is 0 Å². The Morgan fingerprint density at radius 2 is 1.67 bits per heavy atom. The first-order valence-corrected chi connectivity index (χ1v) is 14.3. The Balaban J connectivity index is 1.41. The second-order valence-electron chi connectivity index (χ2n) is 9.33. The van der Waals surface area contributed by atoms with E-state index in [0.717, 1.165) is 15.7 Å². The van der Waals surface area contributed by atoms with Crippen molar-refractivity contribution in [1.29, 1.82) is 0 Å². The molecular weight excluding hydrogens is 659 g/mol. The quantitative estimate of drug-likeness (QED) is 0.121. The van der Waals surface area contributed by atoms with E-state index in [1.54, 1.807) is 42.5 Å². The number of benzene rings is 4. The molecule has 214 valence electrons. The summed E-state index contributed by atoms with van der Waals surface area (Å²) in [6.45, 7) is 0. The van der Waals surface area contributed by atoms with Crippen LogP contribution in [0.5, 0.6) is 0 Å². The Hall–Kier alpha value is -4.71. The fraction of sp³-hybridized carbons (Fsp3) is 0.0333. The first-order chi connectivity index (χ1) is 20.8. The van der Waals surface area contributed by atoms with E-state index < -0.39 is 4.92 Å². The Kier molecular flexibility index (Phi) is 7.85. The number of non-ortho nitro benzene ring substituents is 1. The van der Waals surface area contributed by atoms with Gasteiger partial charge in [-0.05, 0) is 54.1 Å². The first-order valence-electron chi connectivity index (χ1n) is 12.7. The van der Waals surface area contributed by atoms with E-state index in [1.165, 1.54) is 23.0 Å². The minimum atomic E-state index is -0.478. The third kappa shape index (κ3) is 5.96. The number of nitrogens with zero attached hydrogens (tertiary/aromatic N) is 4. The number of aromatic nitrogens is 3. The molecule has 6 rings (SSSR count). The van der Waals surface area contributed by atoms with Crippen LogP contribution in [0.1, 0.15) is 11.4 Å². The third-order valence-corrected chi connectivity index (χ3v) is 7.65. The molecule has 2 heterocycles. The van der Waals surface area contributed by atoms with Crippen molar-refractivity contribution in [3.8, 4) is 6.01 Å². The second-order valence-corrected chi connectivity index (χ2v) is 11.1. The molecule has 2 N–H and O–H groups in total. The minimum absolute atomic E-state index is 0.00150. The third-order valence-electron chi connectivity index (χ3n) is 6.52. The highest BCUT2D eigenvalue weighted by Crippen LogP contribution is 2.34. The van der Waals surface area contributed by atoms with Gasteiger partial charge in [0.15, 0.2) is 5.82 Å². The molecule has 10 nitrogen and oxygen atoms in total. The van der Waals surface area contributed by atoms with Gasteiger partial charge in [0.1, 0.15) is 12.1 Å². The van der Waals surface area contributed by atoms with Crippen LogP contribution in [0.4, 0.5) is 28.6 Å². The van der Waals surface area contributed by atoms with E-state index in [9.17, 15) is 14.9 Å². The maximum atomic E-state index is 13.9. The number of para-hydroxylation sites is 2. The monoisotopic (exact) mass is 676 g/mol. The maximum absolute atomic E-state index is 13.9. The lowest BCUT2D eigenvalue weighted by molar-refractivity contribution is -0.384. The molecule has 0 radical (unpaired) electrons. The van der Waals surface area contributed by atoms with E-state index >= 15 is 0 Å². The molecule has 13 heteroatoms. The fourth-order valence-corrected chi connectivity index (χ4v) is 5.33. The first kappa shape index (κ1) is 28.4. The molecule has 0 aliphatic carbocycles. The van der Waals surface area contributed by atoms with Gasteiger partial charge in [-0.1, -0.05) is 63.4 Å². The Labute approximate surface area is 262 Å². The van der Waals surface area contributed by atoms with Gasteiger partial charge in [0.25, 0.3) is 11.2 Å². The van der Waals surface area contributed by atoms with Gasteiger partial charge in [-0.25, -0.2) is 9.55 Å². The van der Waals surface area contributed by atoms with Gasteiger partial charge in [0, 0.05) is 34.4 Å². The SMILES string of the molecule is O=c1c2cc(Br)ccc2nc(Cc2ccccc2Nc2c(Cl)cccc2Cl)n1-c1nc(Nc2ccc([N+](=O)[O-])cc2)co1. The molecule has 6 aromatic rings. The highest BCUT2D eigenvalue weighted by atomic mass is 79.9. The largest absolute Gasteiger partial charge is 0.429 e. The van der Waals surface area contributed by atoms with Crippen LogP contribution >= 0.6 is 39.1 Å². The molecule has 4 aromatic carbocycles. The summed E-state index contributed by atoms with van der Waals surface area (Å²) in [5.74, 6) is 0.675. The zero-order valence-electron chi connectivity index (χ0n) is 21.9. The van der Waals surface area contributed by atoms with Crippen LogP contribution in [0.3, 0.4) is 0 Å². The number of nitro benzene ring substituents is 1. The molecule has 0 atom stereocenters. The van der Waals surface area contributed by atoms with Gasteiger partial charge in [-0.3, -0.25) is 14.9 Å². The van der Waals surface area contributed by atoms with Crippen molar-refractivity contribution in [2.45, 2.75) is 6.42 Å². The molecule has 0 unspecified atom stereocenters. The number of anilines is 4. The van der Waals surface area contributed by atoms with Crippen LogP contribution in [0.25, 0.3) is 16.9 Å². The Bertz CT molecular complexity index is 2040. The normalized spacial score (nSPS) is 11.0. The van der Waals surface area contributed by atoms with E-state index in [2.05, 4.69) is 31.5 Å². The zero-order valence-corrected chi connectivity index (χ0v) is 25.0. The summed E-state index contributed by atoms with van der Waals surface area (Å²) in [6, 6.07) is 23.9. The molecule has 0 fully saturated rings. The van der Waals surface area contributed by atoms with E-state index in [0.29, 0.717) is 44.0 Å². The molecule has 0 saturated heterocycles. The highest BCUT2D eigenvalue weighted by Gasteiger charge is 2.20. The molecule has 43 heavy (non-hydrogen) atoms. The van der Waals surface area contributed by atoms with Crippen molar-refractivity contribution in [2.24, 2.45) is 0 Å². The van der Waals surface area contributed by atoms with Crippen molar-refractivity contribution >= 4 is 78.6 Å². The molecular formula is C30H19BrCl2N6O4. The van der Waals surface area contributed by atoms with Crippen molar-refractivity contribution in [1.82, 2.24) is 14.5 Å². The number of hydrogen-bond donors (Lipinski definition) is 2. The lowest BCUT2D eigenvalue weighted by Crippen LogP contribution is -2.24. The smallest absolute Gasteiger partial charge is 0.312 e. The lowest BCUT2D eigenvalue weighted by Gasteiger charge is -2.16. The zero-order chi connectivity index (χ0) is 30.1. The van der Waals surface area contributed by atoms with Gasteiger partial charge < -0.3 is 15.1 Å². The van der Waals surface area contributed by atoms with Crippen LogP contribution in [-0.2, 0) is 6.42 Å². The predicted octanol–water partition coefficient (Wildman–Crippen LogP) is 8.43. The summed E-state index contributed by atoms with van der Waals surface area (Å²) in [7, 11) is 0. The maximum Gasteiger partial charge on any atom is 0.312 e. The van der Waals surface area contributed by atoms with Gasteiger partial charge in [-0.15, -0.1) is 0 Å². The summed E-state index contributed by atoms with van der Waals surface area (Å²) in [4.78, 5) is 33.7. The molecule has 0 aliphatic rings. The fourth-order valence-electron chi connectivity index (χ4n) is 4.48. The molecule has 0 bridgehead atoms.